The first kappa shape index (κ1) is 22.0. The van der Waals surface area contributed by atoms with E-state index in [0.717, 1.165) is 0 Å². The molecular weight excluding hydrogens is 380 g/mol. The molecule has 1 aromatic rings. The van der Waals surface area contributed by atoms with E-state index < -0.39 is 9.84 Å². The molecule has 1 fully saturated rings. The predicted molar refractivity (Wildman–Crippen MR) is 109 cm³/mol. The highest BCUT2D eigenvalue weighted by atomic mass is 32.2. The number of guanidine groups is 1. The number of nitrogens with two attached hydrogens (primary N) is 1. The third kappa shape index (κ3) is 6.40. The van der Waals surface area contributed by atoms with Crippen LogP contribution >= 0.6 is 0 Å². The van der Waals surface area contributed by atoms with E-state index in [1.807, 2.05) is 6.92 Å². The Morgan fingerprint density at radius 1 is 1.29 bits per heavy atom. The van der Waals surface area contributed by atoms with Gasteiger partial charge in [0.15, 0.2) is 15.8 Å². The first-order valence-electron chi connectivity index (χ1n) is 9.65. The molecule has 1 aliphatic rings. The molecule has 0 bridgehead atoms. The lowest BCUT2D eigenvalue weighted by Gasteiger charge is -2.29. The van der Waals surface area contributed by atoms with Crippen molar-refractivity contribution in [2.24, 2.45) is 10.7 Å². The maximum Gasteiger partial charge on any atom is 0.409 e. The van der Waals surface area contributed by atoms with Crippen LogP contribution < -0.4 is 11.1 Å². The van der Waals surface area contributed by atoms with E-state index in [1.165, 1.54) is 0 Å². The van der Waals surface area contributed by atoms with E-state index in [9.17, 15) is 13.2 Å². The number of likely N-dealkylation sites (tertiary alicyclic amines) is 1. The molecule has 0 aliphatic carbocycles. The molecule has 1 unspecified atom stereocenters. The van der Waals surface area contributed by atoms with Gasteiger partial charge >= 0.3 is 6.09 Å². The van der Waals surface area contributed by atoms with Crippen molar-refractivity contribution in [3.8, 4) is 0 Å². The van der Waals surface area contributed by atoms with Crippen LogP contribution in [0.15, 0.2) is 40.2 Å². The van der Waals surface area contributed by atoms with Crippen molar-refractivity contribution in [1.82, 2.24) is 10.2 Å². The van der Waals surface area contributed by atoms with Crippen molar-refractivity contribution >= 4 is 21.9 Å². The zero-order valence-electron chi connectivity index (χ0n) is 16.5. The molecule has 3 N–H and O–H groups in total. The van der Waals surface area contributed by atoms with Gasteiger partial charge in [-0.1, -0.05) is 25.1 Å². The molecule has 2 rings (SSSR count). The Kier molecular flexibility index (Phi) is 8.10. The minimum atomic E-state index is -3.40. The van der Waals surface area contributed by atoms with Crippen LogP contribution in [0.5, 0.6) is 0 Å². The number of piperidine rings is 1. The largest absolute Gasteiger partial charge is 0.450 e. The van der Waals surface area contributed by atoms with Gasteiger partial charge in [0.2, 0.25) is 0 Å². The molecule has 1 atom stereocenters. The summed E-state index contributed by atoms with van der Waals surface area (Å²) in [5, 5.41) is 3.04. The quantitative estimate of drug-likeness (QED) is 0.523. The highest BCUT2D eigenvalue weighted by molar-refractivity contribution is 7.91. The molecule has 1 amide bonds. The lowest BCUT2D eigenvalue weighted by molar-refractivity contribution is 0.0975. The average molecular weight is 411 g/mol. The fourth-order valence-corrected chi connectivity index (χ4v) is 4.70. The van der Waals surface area contributed by atoms with E-state index in [1.54, 1.807) is 42.2 Å². The first-order valence-corrected chi connectivity index (χ1v) is 11.3. The molecule has 9 heteroatoms. The Morgan fingerprint density at radius 2 is 1.93 bits per heavy atom. The Balaban J connectivity index is 1.90. The van der Waals surface area contributed by atoms with Crippen molar-refractivity contribution in [2.45, 2.75) is 50.1 Å². The number of amides is 1. The zero-order valence-corrected chi connectivity index (χ0v) is 17.3. The van der Waals surface area contributed by atoms with E-state index in [-0.39, 0.29) is 29.9 Å². The molecule has 156 valence electrons. The molecule has 1 heterocycles. The van der Waals surface area contributed by atoms with Gasteiger partial charge in [0.05, 0.1) is 23.3 Å². The van der Waals surface area contributed by atoms with Crippen molar-refractivity contribution < 1.29 is 17.9 Å². The van der Waals surface area contributed by atoms with Crippen LogP contribution in [0.3, 0.4) is 0 Å². The summed E-state index contributed by atoms with van der Waals surface area (Å²) >= 11 is 0. The van der Waals surface area contributed by atoms with Crippen molar-refractivity contribution in [3.63, 3.8) is 0 Å². The SMILES string of the molecule is CCOC(=O)N1CCC(N=C(N)NC(CC)CS(=O)(=O)c2ccccc2)CC1. The Morgan fingerprint density at radius 3 is 2.50 bits per heavy atom. The molecule has 0 spiro atoms. The highest BCUT2D eigenvalue weighted by Crippen LogP contribution is 2.15. The second kappa shape index (κ2) is 10.3. The van der Waals surface area contributed by atoms with Gasteiger partial charge in [-0.3, -0.25) is 0 Å². The number of nitrogens with zero attached hydrogens (tertiary/aromatic N) is 2. The van der Waals surface area contributed by atoms with Crippen molar-refractivity contribution in [3.05, 3.63) is 30.3 Å². The summed E-state index contributed by atoms with van der Waals surface area (Å²) in [6.07, 6.45) is 1.69. The summed E-state index contributed by atoms with van der Waals surface area (Å²) in [5.41, 5.74) is 6.02. The minimum absolute atomic E-state index is 0.00131. The Labute approximate surface area is 167 Å². The van der Waals surface area contributed by atoms with Gasteiger partial charge in [0.1, 0.15) is 0 Å². The predicted octanol–water partition coefficient (Wildman–Crippen LogP) is 1.76. The number of nitrogens with one attached hydrogen (secondary N) is 1. The van der Waals surface area contributed by atoms with Crippen LogP contribution in [0.25, 0.3) is 0 Å². The van der Waals surface area contributed by atoms with Crippen LogP contribution in [0.2, 0.25) is 0 Å². The summed E-state index contributed by atoms with van der Waals surface area (Å²) < 4.78 is 30.1. The number of hydrogen-bond donors (Lipinski definition) is 2. The third-order valence-electron chi connectivity index (χ3n) is 4.68. The highest BCUT2D eigenvalue weighted by Gasteiger charge is 2.24. The first-order chi connectivity index (χ1) is 13.4. The molecule has 0 saturated carbocycles. The minimum Gasteiger partial charge on any atom is -0.450 e. The molecule has 1 aliphatic heterocycles. The number of aliphatic imine (C=N–C) groups is 1. The van der Waals surface area contributed by atoms with Crippen LogP contribution in [0.1, 0.15) is 33.1 Å². The number of benzene rings is 1. The molecule has 28 heavy (non-hydrogen) atoms. The Hall–Kier alpha value is -2.29. The maximum absolute atomic E-state index is 12.6. The van der Waals surface area contributed by atoms with Crippen LogP contribution in [0.4, 0.5) is 4.79 Å². The van der Waals surface area contributed by atoms with E-state index in [2.05, 4.69) is 10.3 Å². The van der Waals surface area contributed by atoms with E-state index >= 15 is 0 Å². The molecule has 8 nitrogen and oxygen atoms in total. The maximum atomic E-state index is 12.6. The monoisotopic (exact) mass is 410 g/mol. The summed E-state index contributed by atoms with van der Waals surface area (Å²) in [6.45, 7) is 5.19. The second-order valence-corrected chi connectivity index (χ2v) is 8.81. The zero-order chi connectivity index (χ0) is 20.6. The van der Waals surface area contributed by atoms with Gasteiger partial charge in [0, 0.05) is 19.1 Å². The van der Waals surface area contributed by atoms with Gasteiger partial charge in [-0.15, -0.1) is 0 Å². The number of ether oxygens (including phenoxy) is 1. The fourth-order valence-electron chi connectivity index (χ4n) is 3.09. The molecular formula is C19H30N4O4S. The van der Waals surface area contributed by atoms with E-state index in [4.69, 9.17) is 10.5 Å². The van der Waals surface area contributed by atoms with Crippen molar-refractivity contribution in [1.29, 1.82) is 0 Å². The smallest absolute Gasteiger partial charge is 0.409 e. The van der Waals surface area contributed by atoms with Gasteiger partial charge in [0.25, 0.3) is 0 Å². The summed E-state index contributed by atoms with van der Waals surface area (Å²) in [5.74, 6) is 0.190. The second-order valence-electron chi connectivity index (χ2n) is 6.78. The summed E-state index contributed by atoms with van der Waals surface area (Å²) in [7, 11) is -3.40. The number of sulfone groups is 1. The summed E-state index contributed by atoms with van der Waals surface area (Å²) in [4.78, 5) is 18.2. The van der Waals surface area contributed by atoms with Crippen LogP contribution in [0, 0.1) is 0 Å². The average Bonchev–Trinajstić information content (AvgIpc) is 2.68. The lowest BCUT2D eigenvalue weighted by atomic mass is 10.1. The molecule has 0 aromatic heterocycles. The number of carbonyl (C=O) groups excluding carboxylic acids is 1. The molecule has 1 aromatic carbocycles. The standard InChI is InChI=1S/C19H30N4O4S/c1-3-15(14-28(25,26)17-8-6-5-7-9-17)21-18(20)22-16-10-12-23(13-11-16)19(24)27-4-2/h5-9,15-16H,3-4,10-14H2,1-2H3,(H3,20,21,22). The van der Waals surface area contributed by atoms with Gasteiger partial charge < -0.3 is 20.7 Å². The summed E-state index contributed by atoms with van der Waals surface area (Å²) in [6, 6.07) is 8.06. The lowest BCUT2D eigenvalue weighted by Crippen LogP contribution is -2.45. The van der Waals surface area contributed by atoms with Gasteiger partial charge in [-0.2, -0.15) is 0 Å². The number of hydrogen-bond acceptors (Lipinski definition) is 5. The number of carbonyl (C=O) groups is 1. The topological polar surface area (TPSA) is 114 Å². The Bertz CT molecular complexity index is 759. The van der Waals surface area contributed by atoms with Gasteiger partial charge in [-0.05, 0) is 38.3 Å². The van der Waals surface area contributed by atoms with Gasteiger partial charge in [-0.25, -0.2) is 18.2 Å². The molecule has 0 radical (unpaired) electrons. The molecule has 1 saturated heterocycles. The fraction of sp³-hybridized carbons (Fsp3) is 0.579. The van der Waals surface area contributed by atoms with Crippen molar-refractivity contribution in [2.75, 3.05) is 25.4 Å². The van der Waals surface area contributed by atoms with Crippen LogP contribution in [-0.2, 0) is 14.6 Å². The third-order valence-corrected chi connectivity index (χ3v) is 6.51. The number of rotatable bonds is 7. The van der Waals surface area contributed by atoms with Crippen LogP contribution in [-0.4, -0.2) is 62.9 Å². The van der Waals surface area contributed by atoms with E-state index in [0.29, 0.717) is 43.9 Å². The normalized spacial score (nSPS) is 17.2.